The zero-order chi connectivity index (χ0) is 15.7. The van der Waals surface area contributed by atoms with Crippen molar-refractivity contribution in [3.63, 3.8) is 0 Å². The molecule has 1 aromatic carbocycles. The van der Waals surface area contributed by atoms with E-state index >= 15 is 0 Å². The van der Waals surface area contributed by atoms with E-state index in [-0.39, 0.29) is 18.0 Å². The van der Waals surface area contributed by atoms with Gasteiger partial charge in [0.15, 0.2) is 0 Å². The molecule has 1 saturated heterocycles. The second-order valence-corrected chi connectivity index (χ2v) is 6.50. The number of hydrogen-bond donors (Lipinski definition) is 1. The van der Waals surface area contributed by atoms with E-state index in [1.807, 2.05) is 0 Å². The predicted octanol–water partition coefficient (Wildman–Crippen LogP) is 1.73. The molecule has 118 valence electrons. The van der Waals surface area contributed by atoms with Gasteiger partial charge in [0.25, 0.3) is 0 Å². The maximum Gasteiger partial charge on any atom is 0.573 e. The van der Waals surface area contributed by atoms with Crippen molar-refractivity contribution in [3.05, 3.63) is 24.3 Å². The van der Waals surface area contributed by atoms with Crippen molar-refractivity contribution in [2.75, 3.05) is 13.2 Å². The van der Waals surface area contributed by atoms with Gasteiger partial charge in [-0.3, -0.25) is 0 Å². The Morgan fingerprint density at radius 2 is 1.90 bits per heavy atom. The van der Waals surface area contributed by atoms with Gasteiger partial charge < -0.3 is 9.84 Å². The lowest BCUT2D eigenvalue weighted by molar-refractivity contribution is -0.274. The molecule has 5 nitrogen and oxygen atoms in total. The van der Waals surface area contributed by atoms with E-state index in [0.29, 0.717) is 12.8 Å². The molecule has 1 unspecified atom stereocenters. The molecule has 0 bridgehead atoms. The van der Waals surface area contributed by atoms with Crippen LogP contribution in [0.3, 0.4) is 0 Å². The summed E-state index contributed by atoms with van der Waals surface area (Å²) in [6.45, 7) is 0.00284. The first-order valence-electron chi connectivity index (χ1n) is 6.22. The minimum atomic E-state index is -4.82. The Hall–Kier alpha value is -1.32. The lowest BCUT2D eigenvalue weighted by Crippen LogP contribution is -2.37. The number of aliphatic hydroxyl groups is 1. The Balaban J connectivity index is 2.21. The summed E-state index contributed by atoms with van der Waals surface area (Å²) >= 11 is 0. The van der Waals surface area contributed by atoms with Crippen LogP contribution in [0, 0.1) is 0 Å². The summed E-state index contributed by atoms with van der Waals surface area (Å²) in [5.41, 5.74) is 0. The highest BCUT2D eigenvalue weighted by Gasteiger charge is 2.35. The van der Waals surface area contributed by atoms with Gasteiger partial charge in [-0.25, -0.2) is 8.42 Å². The molecule has 1 aliphatic rings. The Bertz CT molecular complexity index is 586. The molecule has 0 aromatic heterocycles. The van der Waals surface area contributed by atoms with Gasteiger partial charge in [-0.05, 0) is 37.1 Å². The molecule has 2 rings (SSSR count). The zero-order valence-corrected chi connectivity index (χ0v) is 11.7. The van der Waals surface area contributed by atoms with Crippen molar-refractivity contribution in [1.82, 2.24) is 4.31 Å². The van der Waals surface area contributed by atoms with E-state index in [4.69, 9.17) is 5.11 Å². The standard InChI is InChI=1S/C12H14F3NO4S/c13-12(14,15)20-10-3-5-11(6-4-10)21(18,19)16-7-1-2-9(16)8-17/h3-6,9,17H,1-2,7-8H2. The van der Waals surface area contributed by atoms with Crippen molar-refractivity contribution in [1.29, 1.82) is 0 Å². The third-order valence-electron chi connectivity index (χ3n) is 3.20. The second-order valence-electron chi connectivity index (χ2n) is 4.61. The van der Waals surface area contributed by atoms with Crippen LogP contribution in [0.25, 0.3) is 0 Å². The molecule has 1 aromatic rings. The van der Waals surface area contributed by atoms with Gasteiger partial charge in [0.1, 0.15) is 5.75 Å². The monoisotopic (exact) mass is 325 g/mol. The normalized spacial score (nSPS) is 20.7. The first-order valence-corrected chi connectivity index (χ1v) is 7.66. The van der Waals surface area contributed by atoms with Crippen LogP contribution >= 0.6 is 0 Å². The van der Waals surface area contributed by atoms with Gasteiger partial charge in [0.05, 0.1) is 11.5 Å². The van der Waals surface area contributed by atoms with Gasteiger partial charge in [-0.1, -0.05) is 0 Å². The average Bonchev–Trinajstić information content (AvgIpc) is 2.86. The van der Waals surface area contributed by atoms with Crippen LogP contribution < -0.4 is 4.74 Å². The minimum absolute atomic E-state index is 0.127. The number of nitrogens with zero attached hydrogens (tertiary/aromatic N) is 1. The predicted molar refractivity (Wildman–Crippen MR) is 67.1 cm³/mol. The summed E-state index contributed by atoms with van der Waals surface area (Å²) in [5, 5.41) is 9.17. The number of rotatable bonds is 4. The maximum atomic E-state index is 12.4. The largest absolute Gasteiger partial charge is 0.573 e. The third kappa shape index (κ3) is 3.66. The fourth-order valence-corrected chi connectivity index (χ4v) is 3.94. The smallest absolute Gasteiger partial charge is 0.406 e. The molecular formula is C12H14F3NO4S. The summed E-state index contributed by atoms with van der Waals surface area (Å²) in [6, 6.07) is 3.53. The fraction of sp³-hybridized carbons (Fsp3) is 0.500. The first-order chi connectivity index (χ1) is 9.74. The number of sulfonamides is 1. The van der Waals surface area contributed by atoms with E-state index in [1.54, 1.807) is 0 Å². The second kappa shape index (κ2) is 5.82. The van der Waals surface area contributed by atoms with Gasteiger partial charge in [0, 0.05) is 12.6 Å². The molecule has 21 heavy (non-hydrogen) atoms. The zero-order valence-electron chi connectivity index (χ0n) is 10.9. The molecule has 0 saturated carbocycles. The average molecular weight is 325 g/mol. The number of benzene rings is 1. The number of hydrogen-bond acceptors (Lipinski definition) is 4. The van der Waals surface area contributed by atoms with E-state index in [1.165, 1.54) is 4.31 Å². The van der Waals surface area contributed by atoms with Gasteiger partial charge in [-0.2, -0.15) is 4.31 Å². The molecule has 0 amide bonds. The van der Waals surface area contributed by atoms with Crippen molar-refractivity contribution < 1.29 is 31.4 Å². The van der Waals surface area contributed by atoms with Gasteiger partial charge in [-0.15, -0.1) is 13.2 Å². The molecule has 1 fully saturated rings. The first kappa shape index (κ1) is 16.1. The highest BCUT2D eigenvalue weighted by atomic mass is 32.2. The molecule has 9 heteroatoms. The highest BCUT2D eigenvalue weighted by Crippen LogP contribution is 2.28. The lowest BCUT2D eigenvalue weighted by Gasteiger charge is -2.22. The third-order valence-corrected chi connectivity index (χ3v) is 5.16. The van der Waals surface area contributed by atoms with E-state index < -0.39 is 28.2 Å². The summed E-state index contributed by atoms with van der Waals surface area (Å²) in [6.07, 6.45) is -3.62. The van der Waals surface area contributed by atoms with Crippen molar-refractivity contribution in [2.24, 2.45) is 0 Å². The van der Waals surface area contributed by atoms with Crippen molar-refractivity contribution in [3.8, 4) is 5.75 Å². The minimum Gasteiger partial charge on any atom is -0.406 e. The lowest BCUT2D eigenvalue weighted by atomic mass is 10.2. The van der Waals surface area contributed by atoms with Crippen LogP contribution in [0.2, 0.25) is 0 Å². The molecule has 1 heterocycles. The van der Waals surface area contributed by atoms with Crippen LogP contribution in [0.5, 0.6) is 5.75 Å². The topological polar surface area (TPSA) is 66.8 Å². The fourth-order valence-electron chi connectivity index (χ4n) is 2.26. The summed E-state index contributed by atoms with van der Waals surface area (Å²) in [5.74, 6) is -0.485. The number of ether oxygens (including phenoxy) is 1. The van der Waals surface area contributed by atoms with Crippen molar-refractivity contribution >= 4 is 10.0 Å². The number of alkyl halides is 3. The Morgan fingerprint density at radius 3 is 2.43 bits per heavy atom. The Kier molecular flexibility index (Phi) is 4.45. The summed E-state index contributed by atoms with van der Waals surface area (Å²) in [7, 11) is -3.82. The molecule has 1 atom stereocenters. The summed E-state index contributed by atoms with van der Waals surface area (Å²) < 4.78 is 65.7. The summed E-state index contributed by atoms with van der Waals surface area (Å²) in [4.78, 5) is -0.127. The maximum absolute atomic E-state index is 12.4. The van der Waals surface area contributed by atoms with E-state index in [0.717, 1.165) is 24.3 Å². The molecule has 0 radical (unpaired) electrons. The van der Waals surface area contributed by atoms with Crippen LogP contribution in [0.1, 0.15) is 12.8 Å². The highest BCUT2D eigenvalue weighted by molar-refractivity contribution is 7.89. The van der Waals surface area contributed by atoms with Gasteiger partial charge >= 0.3 is 6.36 Å². The number of aliphatic hydroxyl groups excluding tert-OH is 1. The van der Waals surface area contributed by atoms with Crippen LogP contribution in [0.4, 0.5) is 13.2 Å². The molecule has 1 N–H and O–H groups in total. The van der Waals surface area contributed by atoms with Crippen LogP contribution in [-0.2, 0) is 10.0 Å². The molecule has 1 aliphatic heterocycles. The van der Waals surface area contributed by atoms with Crippen molar-refractivity contribution in [2.45, 2.75) is 30.1 Å². The molecular weight excluding hydrogens is 311 g/mol. The van der Waals surface area contributed by atoms with Gasteiger partial charge in [0.2, 0.25) is 10.0 Å². The van der Waals surface area contributed by atoms with E-state index in [2.05, 4.69) is 4.74 Å². The number of halogens is 3. The van der Waals surface area contributed by atoms with E-state index in [9.17, 15) is 21.6 Å². The Morgan fingerprint density at radius 1 is 1.29 bits per heavy atom. The Labute approximate surface area is 120 Å². The SMILES string of the molecule is O=S(=O)(c1ccc(OC(F)(F)F)cc1)N1CCCC1CO. The quantitative estimate of drug-likeness (QED) is 0.915. The van der Waals surface area contributed by atoms with Crippen LogP contribution in [0.15, 0.2) is 29.2 Å². The molecule has 0 spiro atoms. The van der Waals surface area contributed by atoms with Crippen LogP contribution in [-0.4, -0.2) is 43.4 Å². The molecule has 0 aliphatic carbocycles.